The Balaban J connectivity index is 1.58. The van der Waals surface area contributed by atoms with Crippen LogP contribution in [0.5, 0.6) is 5.75 Å². The summed E-state index contributed by atoms with van der Waals surface area (Å²) in [4.78, 5) is 2.57. The van der Waals surface area contributed by atoms with Crippen molar-refractivity contribution in [1.82, 2.24) is 15.1 Å². The third-order valence-corrected chi connectivity index (χ3v) is 5.18. The maximum atomic E-state index is 9.36. The van der Waals surface area contributed by atoms with E-state index >= 15 is 0 Å². The van der Waals surface area contributed by atoms with E-state index in [1.165, 1.54) is 37.8 Å². The predicted molar refractivity (Wildman–Crippen MR) is 89.1 cm³/mol. The summed E-state index contributed by atoms with van der Waals surface area (Å²) >= 11 is 1.71. The number of aromatic nitrogens is 2. The minimum atomic E-state index is 0.342. The molecule has 1 N–H and O–H groups in total. The fourth-order valence-electron chi connectivity index (χ4n) is 3.17. The van der Waals surface area contributed by atoms with Gasteiger partial charge in [-0.1, -0.05) is 18.6 Å². The van der Waals surface area contributed by atoms with Crippen LogP contribution in [0.1, 0.15) is 41.3 Å². The molecule has 1 fully saturated rings. The first-order chi connectivity index (χ1) is 10.7. The molecule has 0 spiro atoms. The van der Waals surface area contributed by atoms with E-state index in [1.807, 2.05) is 19.1 Å². The summed E-state index contributed by atoms with van der Waals surface area (Å²) in [6, 6.07) is 8.23. The highest BCUT2D eigenvalue weighted by Gasteiger charge is 2.23. The van der Waals surface area contributed by atoms with E-state index in [1.54, 1.807) is 23.5 Å². The number of phenolic OH excluding ortho intramolecular Hbond substituents is 1. The maximum Gasteiger partial charge on any atom is 0.131 e. The third-order valence-electron chi connectivity index (χ3n) is 4.36. The van der Waals surface area contributed by atoms with Crippen LogP contribution >= 0.6 is 11.3 Å². The summed E-state index contributed by atoms with van der Waals surface area (Å²) in [5.41, 5.74) is 1.30. The molecular weight excluding hydrogens is 294 g/mol. The Morgan fingerprint density at radius 3 is 2.77 bits per heavy atom. The number of piperidine rings is 1. The molecule has 0 radical (unpaired) electrons. The van der Waals surface area contributed by atoms with Crippen molar-refractivity contribution in [1.29, 1.82) is 0 Å². The van der Waals surface area contributed by atoms with Gasteiger partial charge in [0.25, 0.3) is 0 Å². The van der Waals surface area contributed by atoms with Gasteiger partial charge in [-0.3, -0.25) is 4.90 Å². The van der Waals surface area contributed by atoms with Gasteiger partial charge in [-0.15, -0.1) is 21.5 Å². The van der Waals surface area contributed by atoms with Crippen molar-refractivity contribution in [2.75, 3.05) is 6.54 Å². The zero-order valence-corrected chi connectivity index (χ0v) is 13.9. The second-order valence-electron chi connectivity index (χ2n) is 6.04. The van der Waals surface area contributed by atoms with Crippen molar-refractivity contribution in [3.8, 4) is 5.75 Å². The van der Waals surface area contributed by atoms with Gasteiger partial charge < -0.3 is 5.11 Å². The minimum absolute atomic E-state index is 0.342. The average Bonchev–Trinajstić information content (AvgIpc) is 2.93. The van der Waals surface area contributed by atoms with Crippen molar-refractivity contribution in [3.63, 3.8) is 0 Å². The van der Waals surface area contributed by atoms with Crippen LogP contribution < -0.4 is 0 Å². The lowest BCUT2D eigenvalue weighted by molar-refractivity contribution is 0.132. The molecule has 118 valence electrons. The number of aromatic hydroxyl groups is 1. The van der Waals surface area contributed by atoms with Gasteiger partial charge in [0.15, 0.2) is 0 Å². The highest BCUT2D eigenvalue weighted by atomic mass is 32.1. The second-order valence-corrected chi connectivity index (χ2v) is 7.31. The van der Waals surface area contributed by atoms with Gasteiger partial charge in [-0.05, 0) is 56.8 Å². The standard InChI is InChI=1S/C17H23N3OS/c1-13-18-19-17(22-13)12-20-11-3-2-4-15(20)8-5-14-6-9-16(21)10-7-14/h6-7,9-10,15,21H,2-5,8,11-12H2,1H3. The number of hydrogen-bond donors (Lipinski definition) is 1. The lowest BCUT2D eigenvalue weighted by atomic mass is 9.96. The Kier molecular flexibility index (Phi) is 5.05. The summed E-state index contributed by atoms with van der Waals surface area (Å²) in [5.74, 6) is 0.342. The van der Waals surface area contributed by atoms with E-state index in [4.69, 9.17) is 0 Å². The molecule has 1 atom stereocenters. The molecule has 22 heavy (non-hydrogen) atoms. The molecule has 1 unspecified atom stereocenters. The average molecular weight is 317 g/mol. The predicted octanol–water partition coefficient (Wildman–Crippen LogP) is 3.54. The number of phenols is 1. The fourth-order valence-corrected chi connectivity index (χ4v) is 3.90. The van der Waals surface area contributed by atoms with Gasteiger partial charge >= 0.3 is 0 Å². The van der Waals surface area contributed by atoms with Gasteiger partial charge in [0.2, 0.25) is 0 Å². The Hall–Kier alpha value is -1.46. The first-order valence-electron chi connectivity index (χ1n) is 8.01. The zero-order chi connectivity index (χ0) is 15.4. The van der Waals surface area contributed by atoms with Crippen LogP contribution in [0.2, 0.25) is 0 Å². The van der Waals surface area contributed by atoms with Crippen molar-refractivity contribution < 1.29 is 5.11 Å². The Bertz CT molecular complexity index is 596. The highest BCUT2D eigenvalue weighted by molar-refractivity contribution is 7.11. The number of rotatable bonds is 5. The molecular formula is C17H23N3OS. The van der Waals surface area contributed by atoms with Gasteiger partial charge in [0, 0.05) is 6.04 Å². The van der Waals surface area contributed by atoms with Gasteiger partial charge in [0.05, 0.1) is 6.54 Å². The Morgan fingerprint density at radius 1 is 1.23 bits per heavy atom. The summed E-state index contributed by atoms with van der Waals surface area (Å²) in [6.45, 7) is 4.12. The summed E-state index contributed by atoms with van der Waals surface area (Å²) in [6.07, 6.45) is 6.12. The molecule has 1 aromatic heterocycles. The molecule has 3 rings (SSSR count). The molecule has 1 aromatic carbocycles. The number of likely N-dealkylation sites (tertiary alicyclic amines) is 1. The fraction of sp³-hybridized carbons (Fsp3) is 0.529. The first-order valence-corrected chi connectivity index (χ1v) is 8.83. The monoisotopic (exact) mass is 317 g/mol. The van der Waals surface area contributed by atoms with Crippen molar-refractivity contribution in [3.05, 3.63) is 39.8 Å². The van der Waals surface area contributed by atoms with E-state index in [9.17, 15) is 5.11 Å². The van der Waals surface area contributed by atoms with Crippen molar-refractivity contribution in [2.45, 2.75) is 51.6 Å². The van der Waals surface area contributed by atoms with Crippen LogP contribution in [-0.2, 0) is 13.0 Å². The van der Waals surface area contributed by atoms with Crippen molar-refractivity contribution >= 4 is 11.3 Å². The van der Waals surface area contributed by atoms with Crippen LogP contribution in [0.25, 0.3) is 0 Å². The van der Waals surface area contributed by atoms with Crippen LogP contribution in [0.3, 0.4) is 0 Å². The van der Waals surface area contributed by atoms with Crippen LogP contribution in [0, 0.1) is 6.92 Å². The van der Waals surface area contributed by atoms with E-state index < -0.39 is 0 Å². The second kappa shape index (κ2) is 7.20. The molecule has 0 amide bonds. The molecule has 1 aliphatic heterocycles. The molecule has 0 saturated carbocycles. The minimum Gasteiger partial charge on any atom is -0.508 e. The Morgan fingerprint density at radius 2 is 2.05 bits per heavy atom. The van der Waals surface area contributed by atoms with Crippen LogP contribution in [0.15, 0.2) is 24.3 Å². The summed E-state index contributed by atoms with van der Waals surface area (Å²) < 4.78 is 0. The molecule has 2 aromatic rings. The number of nitrogens with zero attached hydrogens (tertiary/aromatic N) is 3. The first kappa shape index (κ1) is 15.4. The molecule has 4 nitrogen and oxygen atoms in total. The van der Waals surface area contributed by atoms with Gasteiger partial charge in [0.1, 0.15) is 15.8 Å². The lowest BCUT2D eigenvalue weighted by Crippen LogP contribution is -2.39. The van der Waals surface area contributed by atoms with E-state index in [2.05, 4.69) is 15.1 Å². The maximum absolute atomic E-state index is 9.36. The molecule has 1 saturated heterocycles. The zero-order valence-electron chi connectivity index (χ0n) is 13.0. The van der Waals surface area contributed by atoms with Gasteiger partial charge in [-0.25, -0.2) is 0 Å². The molecule has 5 heteroatoms. The van der Waals surface area contributed by atoms with E-state index in [-0.39, 0.29) is 0 Å². The SMILES string of the molecule is Cc1nnc(CN2CCCCC2CCc2ccc(O)cc2)s1. The van der Waals surface area contributed by atoms with Crippen LogP contribution in [0.4, 0.5) is 0 Å². The topological polar surface area (TPSA) is 49.2 Å². The largest absolute Gasteiger partial charge is 0.508 e. The third kappa shape index (κ3) is 4.05. The van der Waals surface area contributed by atoms with E-state index in [0.717, 1.165) is 23.0 Å². The molecule has 2 heterocycles. The van der Waals surface area contributed by atoms with Crippen molar-refractivity contribution in [2.24, 2.45) is 0 Å². The number of benzene rings is 1. The lowest BCUT2D eigenvalue weighted by Gasteiger charge is -2.35. The molecule has 0 bridgehead atoms. The normalized spacial score (nSPS) is 19.4. The number of hydrogen-bond acceptors (Lipinski definition) is 5. The smallest absolute Gasteiger partial charge is 0.131 e. The number of aryl methyl sites for hydroxylation is 2. The van der Waals surface area contributed by atoms with Crippen LogP contribution in [-0.4, -0.2) is 32.8 Å². The molecule has 0 aliphatic carbocycles. The molecule has 1 aliphatic rings. The van der Waals surface area contributed by atoms with Gasteiger partial charge in [-0.2, -0.15) is 0 Å². The van der Waals surface area contributed by atoms with E-state index in [0.29, 0.717) is 11.8 Å². The summed E-state index contributed by atoms with van der Waals surface area (Å²) in [5, 5.41) is 19.9. The quantitative estimate of drug-likeness (QED) is 0.916. The Labute approximate surface area is 135 Å². The highest BCUT2D eigenvalue weighted by Crippen LogP contribution is 2.24. The summed E-state index contributed by atoms with van der Waals surface area (Å²) in [7, 11) is 0.